The molecule has 4 nitrogen and oxygen atoms in total. The fourth-order valence-electron chi connectivity index (χ4n) is 1.35. The summed E-state index contributed by atoms with van der Waals surface area (Å²) in [6, 6.07) is 3.35. The standard InChI is InChI=1S/C10H7BrO4/c1-14-5-2-6-7(10(12)13)4-15-9(6)8(11)3-5/h2-4H,1H3,(H,12,13). The molecule has 1 aromatic heterocycles. The second-order valence-corrected chi connectivity index (χ2v) is 3.79. The van der Waals surface area contributed by atoms with Crippen molar-refractivity contribution in [2.24, 2.45) is 0 Å². The van der Waals surface area contributed by atoms with Crippen LogP contribution in [0.15, 0.2) is 27.3 Å². The van der Waals surface area contributed by atoms with Crippen LogP contribution >= 0.6 is 15.9 Å². The van der Waals surface area contributed by atoms with Gasteiger partial charge in [-0.05, 0) is 28.1 Å². The Bertz CT molecular complexity index is 529. The van der Waals surface area contributed by atoms with Crippen LogP contribution in [0.25, 0.3) is 11.0 Å². The minimum absolute atomic E-state index is 0.129. The molecule has 2 rings (SSSR count). The number of methoxy groups -OCH3 is 1. The van der Waals surface area contributed by atoms with Crippen molar-refractivity contribution >= 4 is 32.9 Å². The molecule has 0 unspecified atom stereocenters. The number of halogens is 1. The smallest absolute Gasteiger partial charge is 0.339 e. The van der Waals surface area contributed by atoms with Gasteiger partial charge in [0.05, 0.1) is 11.6 Å². The predicted molar refractivity (Wildman–Crippen MR) is 57.4 cm³/mol. The monoisotopic (exact) mass is 270 g/mol. The summed E-state index contributed by atoms with van der Waals surface area (Å²) in [4.78, 5) is 10.9. The van der Waals surface area contributed by atoms with E-state index in [4.69, 9.17) is 14.3 Å². The molecular formula is C10H7BrO4. The zero-order chi connectivity index (χ0) is 11.0. The number of aromatic carboxylic acids is 1. The van der Waals surface area contributed by atoms with Crippen LogP contribution in [0.3, 0.4) is 0 Å². The minimum Gasteiger partial charge on any atom is -0.497 e. The van der Waals surface area contributed by atoms with Gasteiger partial charge in [-0.3, -0.25) is 0 Å². The number of fused-ring (bicyclic) bond motifs is 1. The van der Waals surface area contributed by atoms with E-state index in [1.165, 1.54) is 13.4 Å². The van der Waals surface area contributed by atoms with Crippen LogP contribution in [0.4, 0.5) is 0 Å². The largest absolute Gasteiger partial charge is 0.497 e. The number of hydrogen-bond donors (Lipinski definition) is 1. The number of ether oxygens (including phenoxy) is 1. The van der Waals surface area contributed by atoms with E-state index in [-0.39, 0.29) is 5.56 Å². The SMILES string of the molecule is COc1cc(Br)c2occ(C(=O)O)c2c1. The molecule has 0 fully saturated rings. The molecule has 1 aromatic carbocycles. The number of benzene rings is 1. The molecule has 15 heavy (non-hydrogen) atoms. The van der Waals surface area contributed by atoms with Crippen molar-refractivity contribution in [2.45, 2.75) is 0 Å². The van der Waals surface area contributed by atoms with Crippen molar-refractivity contribution < 1.29 is 19.1 Å². The van der Waals surface area contributed by atoms with Crippen molar-refractivity contribution in [1.29, 1.82) is 0 Å². The minimum atomic E-state index is -1.02. The second kappa shape index (κ2) is 3.58. The van der Waals surface area contributed by atoms with Gasteiger partial charge >= 0.3 is 5.97 Å². The Kier molecular flexibility index (Phi) is 2.40. The first kappa shape index (κ1) is 10.0. The van der Waals surface area contributed by atoms with Crippen LogP contribution in [0, 0.1) is 0 Å². The first-order chi connectivity index (χ1) is 7.13. The Morgan fingerprint density at radius 1 is 1.53 bits per heavy atom. The third kappa shape index (κ3) is 1.59. The third-order valence-corrected chi connectivity index (χ3v) is 2.66. The number of carboxylic acid groups (broad SMARTS) is 1. The molecule has 0 radical (unpaired) electrons. The fourth-order valence-corrected chi connectivity index (χ4v) is 1.89. The summed E-state index contributed by atoms with van der Waals surface area (Å²) in [5.74, 6) is -0.438. The molecular weight excluding hydrogens is 264 g/mol. The zero-order valence-corrected chi connectivity index (χ0v) is 9.37. The van der Waals surface area contributed by atoms with Crippen LogP contribution in [0.2, 0.25) is 0 Å². The maximum Gasteiger partial charge on any atom is 0.339 e. The fraction of sp³-hybridized carbons (Fsp3) is 0.100. The Labute approximate surface area is 93.6 Å². The number of carbonyl (C=O) groups is 1. The summed E-state index contributed by atoms with van der Waals surface area (Å²) in [7, 11) is 1.52. The Hall–Kier alpha value is -1.49. The van der Waals surface area contributed by atoms with Gasteiger partial charge in [0.25, 0.3) is 0 Å². The Morgan fingerprint density at radius 3 is 2.87 bits per heavy atom. The molecule has 5 heteroatoms. The number of furan rings is 1. The molecule has 1 N–H and O–H groups in total. The molecule has 0 spiro atoms. The van der Waals surface area contributed by atoms with E-state index in [2.05, 4.69) is 15.9 Å². The Balaban J connectivity index is 2.78. The molecule has 0 aliphatic rings. The molecule has 0 aliphatic carbocycles. The normalized spacial score (nSPS) is 10.5. The first-order valence-corrected chi connectivity index (χ1v) is 4.91. The van der Waals surface area contributed by atoms with E-state index in [0.717, 1.165) is 0 Å². The average Bonchev–Trinajstić information content (AvgIpc) is 2.61. The highest BCUT2D eigenvalue weighted by atomic mass is 79.9. The van der Waals surface area contributed by atoms with Gasteiger partial charge in [-0.1, -0.05) is 0 Å². The summed E-state index contributed by atoms with van der Waals surface area (Å²) in [6.07, 6.45) is 1.22. The predicted octanol–water partition coefficient (Wildman–Crippen LogP) is 2.90. The van der Waals surface area contributed by atoms with Gasteiger partial charge in [0.2, 0.25) is 0 Å². The number of rotatable bonds is 2. The van der Waals surface area contributed by atoms with Gasteiger partial charge in [0, 0.05) is 5.39 Å². The molecule has 0 saturated heterocycles. The van der Waals surface area contributed by atoms with Gasteiger partial charge < -0.3 is 14.3 Å². The summed E-state index contributed by atoms with van der Waals surface area (Å²) in [5, 5.41) is 9.43. The van der Waals surface area contributed by atoms with E-state index in [9.17, 15) is 4.79 Å². The van der Waals surface area contributed by atoms with Gasteiger partial charge in [-0.15, -0.1) is 0 Å². The van der Waals surface area contributed by atoms with Gasteiger partial charge in [-0.25, -0.2) is 4.79 Å². The van der Waals surface area contributed by atoms with Crippen molar-refractivity contribution in [2.75, 3.05) is 7.11 Å². The van der Waals surface area contributed by atoms with Crippen molar-refractivity contribution in [3.05, 3.63) is 28.4 Å². The van der Waals surface area contributed by atoms with Gasteiger partial charge in [0.15, 0.2) is 0 Å². The highest BCUT2D eigenvalue weighted by molar-refractivity contribution is 9.10. The summed E-state index contributed by atoms with van der Waals surface area (Å²) >= 11 is 3.28. The van der Waals surface area contributed by atoms with E-state index in [1.807, 2.05) is 0 Å². The first-order valence-electron chi connectivity index (χ1n) is 4.11. The van der Waals surface area contributed by atoms with Crippen molar-refractivity contribution in [3.8, 4) is 5.75 Å². The van der Waals surface area contributed by atoms with Crippen molar-refractivity contribution in [3.63, 3.8) is 0 Å². The molecule has 0 atom stereocenters. The Morgan fingerprint density at radius 2 is 2.27 bits per heavy atom. The van der Waals surface area contributed by atoms with Crippen molar-refractivity contribution in [1.82, 2.24) is 0 Å². The maximum atomic E-state index is 10.9. The summed E-state index contributed by atoms with van der Waals surface area (Å²) in [6.45, 7) is 0. The molecule has 0 amide bonds. The lowest BCUT2D eigenvalue weighted by molar-refractivity contribution is 0.0698. The highest BCUT2D eigenvalue weighted by Crippen LogP contribution is 2.32. The molecule has 2 aromatic rings. The molecule has 78 valence electrons. The lowest BCUT2D eigenvalue weighted by Crippen LogP contribution is -1.93. The topological polar surface area (TPSA) is 59.7 Å². The number of carboxylic acids is 1. The van der Waals surface area contributed by atoms with Gasteiger partial charge in [-0.2, -0.15) is 0 Å². The zero-order valence-electron chi connectivity index (χ0n) is 7.78. The molecule has 0 saturated carbocycles. The van der Waals surface area contributed by atoms with E-state index in [1.54, 1.807) is 12.1 Å². The van der Waals surface area contributed by atoms with Gasteiger partial charge in [0.1, 0.15) is 23.2 Å². The average molecular weight is 271 g/mol. The van der Waals surface area contributed by atoms with E-state index >= 15 is 0 Å². The van der Waals surface area contributed by atoms with Crippen LogP contribution in [-0.2, 0) is 0 Å². The van der Waals surface area contributed by atoms with Crippen LogP contribution in [0.5, 0.6) is 5.75 Å². The van der Waals surface area contributed by atoms with Crippen LogP contribution < -0.4 is 4.74 Å². The molecule has 0 bridgehead atoms. The van der Waals surface area contributed by atoms with E-state index < -0.39 is 5.97 Å². The van der Waals surface area contributed by atoms with Crippen LogP contribution in [0.1, 0.15) is 10.4 Å². The highest BCUT2D eigenvalue weighted by Gasteiger charge is 2.15. The maximum absolute atomic E-state index is 10.9. The third-order valence-electron chi connectivity index (χ3n) is 2.07. The number of hydrogen-bond acceptors (Lipinski definition) is 3. The lowest BCUT2D eigenvalue weighted by Gasteiger charge is -2.00. The molecule has 1 heterocycles. The van der Waals surface area contributed by atoms with E-state index in [0.29, 0.717) is 21.2 Å². The quantitative estimate of drug-likeness (QED) is 0.912. The van der Waals surface area contributed by atoms with Crippen LogP contribution in [-0.4, -0.2) is 18.2 Å². The summed E-state index contributed by atoms with van der Waals surface area (Å²) < 4.78 is 10.9. The lowest BCUT2D eigenvalue weighted by atomic mass is 10.2. The molecule has 0 aliphatic heterocycles. The second-order valence-electron chi connectivity index (χ2n) is 2.94. The summed E-state index contributed by atoms with van der Waals surface area (Å²) in [5.41, 5.74) is 0.637.